The third kappa shape index (κ3) is 8.09. The van der Waals surface area contributed by atoms with Gasteiger partial charge in [-0.05, 0) is 31.2 Å². The minimum atomic E-state index is -0.313. The Morgan fingerprint density at radius 3 is 2.32 bits per heavy atom. The van der Waals surface area contributed by atoms with Gasteiger partial charge in [0.05, 0.1) is 0 Å². The number of fused-ring (bicyclic) bond motifs is 1. The fourth-order valence-electron chi connectivity index (χ4n) is 3.47. The molecule has 0 fully saturated rings. The smallest absolute Gasteiger partial charge is 0.306 e. The van der Waals surface area contributed by atoms with E-state index < -0.39 is 0 Å². The second-order valence-electron chi connectivity index (χ2n) is 7.52. The molecule has 1 aliphatic heterocycles. The summed E-state index contributed by atoms with van der Waals surface area (Å²) < 4.78 is 17.0. The van der Waals surface area contributed by atoms with Crippen LogP contribution in [0, 0.1) is 0 Å². The van der Waals surface area contributed by atoms with E-state index in [1.807, 2.05) is 25.2 Å². The van der Waals surface area contributed by atoms with Crippen LogP contribution in [-0.2, 0) is 9.53 Å². The van der Waals surface area contributed by atoms with Gasteiger partial charge in [-0.1, -0.05) is 64.4 Å². The molecule has 0 saturated heterocycles. The lowest BCUT2D eigenvalue weighted by molar-refractivity contribution is -0.149. The number of carbonyl (C=O) groups is 1. The Kier molecular flexibility index (Phi) is 10.8. The summed E-state index contributed by atoms with van der Waals surface area (Å²) in [6.45, 7) is 3.93. The normalized spacial score (nSPS) is 13.9. The van der Waals surface area contributed by atoms with Gasteiger partial charge in [0, 0.05) is 13.0 Å². The molecule has 1 N–H and O–H groups in total. The van der Waals surface area contributed by atoms with Crippen molar-refractivity contribution >= 4 is 5.97 Å². The van der Waals surface area contributed by atoms with Gasteiger partial charge in [0.15, 0.2) is 11.5 Å². The zero-order chi connectivity index (χ0) is 20.0. The van der Waals surface area contributed by atoms with E-state index in [9.17, 15) is 4.79 Å². The zero-order valence-electron chi connectivity index (χ0n) is 17.6. The Balaban J connectivity index is 1.69. The fraction of sp³-hybridized carbons (Fsp3) is 0.696. The number of carbonyl (C=O) groups excluding carboxylic acids is 1. The Morgan fingerprint density at radius 1 is 1.00 bits per heavy atom. The van der Waals surface area contributed by atoms with Crippen molar-refractivity contribution in [3.05, 3.63) is 23.8 Å². The maximum atomic E-state index is 12.3. The lowest BCUT2D eigenvalue weighted by Gasteiger charge is -2.22. The van der Waals surface area contributed by atoms with Crippen LogP contribution in [0.3, 0.4) is 0 Å². The number of nitrogens with one attached hydrogen (secondary N) is 1. The lowest BCUT2D eigenvalue weighted by atomic mass is 10.1. The van der Waals surface area contributed by atoms with Gasteiger partial charge >= 0.3 is 5.97 Å². The topological polar surface area (TPSA) is 56.8 Å². The first-order valence-corrected chi connectivity index (χ1v) is 11.0. The second kappa shape index (κ2) is 13.4. The summed E-state index contributed by atoms with van der Waals surface area (Å²) in [7, 11) is 1.86. The van der Waals surface area contributed by atoms with Gasteiger partial charge in [0.1, 0.15) is 19.3 Å². The molecule has 1 aromatic rings. The average Bonchev–Trinajstić information content (AvgIpc) is 2.72. The number of hydrogen-bond acceptors (Lipinski definition) is 5. The number of rotatable bonds is 14. The molecule has 0 spiro atoms. The molecule has 5 nitrogen and oxygen atoms in total. The molecule has 0 aromatic heterocycles. The van der Waals surface area contributed by atoms with Crippen molar-refractivity contribution in [3.63, 3.8) is 0 Å². The van der Waals surface area contributed by atoms with Crippen molar-refractivity contribution in [2.75, 3.05) is 26.8 Å². The predicted octanol–water partition coefficient (Wildman–Crippen LogP) is 5.18. The number of esters is 1. The fourth-order valence-corrected chi connectivity index (χ4v) is 3.47. The Morgan fingerprint density at radius 2 is 1.64 bits per heavy atom. The first-order chi connectivity index (χ1) is 13.7. The molecule has 1 heterocycles. The molecule has 1 aliphatic rings. The van der Waals surface area contributed by atoms with E-state index in [0.29, 0.717) is 26.2 Å². The van der Waals surface area contributed by atoms with Crippen LogP contribution >= 0.6 is 0 Å². The van der Waals surface area contributed by atoms with Gasteiger partial charge in [-0.25, -0.2) is 0 Å². The maximum Gasteiger partial charge on any atom is 0.306 e. The number of likely N-dealkylation sites (N-methyl/N-ethyl adjacent to an activating group) is 1. The van der Waals surface area contributed by atoms with E-state index in [2.05, 4.69) is 12.2 Å². The van der Waals surface area contributed by atoms with Crippen LogP contribution < -0.4 is 14.8 Å². The SMILES string of the molecule is CCCCCCCCCCCC(=O)O[C@@H](CNC)c1ccc2c(c1)OCCO2. The zero-order valence-corrected chi connectivity index (χ0v) is 17.6. The summed E-state index contributed by atoms with van der Waals surface area (Å²) in [5, 5.41) is 3.11. The monoisotopic (exact) mass is 391 g/mol. The molecular weight excluding hydrogens is 354 g/mol. The summed E-state index contributed by atoms with van der Waals surface area (Å²) in [6, 6.07) is 5.75. The number of hydrogen-bond donors (Lipinski definition) is 1. The number of benzene rings is 1. The Labute approximate surface area is 170 Å². The van der Waals surface area contributed by atoms with Crippen LogP contribution in [0.5, 0.6) is 11.5 Å². The highest BCUT2D eigenvalue weighted by Gasteiger charge is 2.19. The van der Waals surface area contributed by atoms with Gasteiger partial charge in [-0.2, -0.15) is 0 Å². The van der Waals surface area contributed by atoms with E-state index in [0.717, 1.165) is 29.9 Å². The van der Waals surface area contributed by atoms with Gasteiger partial charge in [0.25, 0.3) is 0 Å². The highest BCUT2D eigenvalue weighted by molar-refractivity contribution is 5.69. The summed E-state index contributed by atoms with van der Waals surface area (Å²) in [5.74, 6) is 1.34. The molecule has 158 valence electrons. The molecule has 1 atom stereocenters. The molecule has 1 aromatic carbocycles. The van der Waals surface area contributed by atoms with Crippen molar-refractivity contribution in [2.24, 2.45) is 0 Å². The molecule has 0 unspecified atom stereocenters. The van der Waals surface area contributed by atoms with Crippen LogP contribution in [0.1, 0.15) is 82.8 Å². The molecule has 0 bridgehead atoms. The molecule has 28 heavy (non-hydrogen) atoms. The van der Waals surface area contributed by atoms with Gasteiger partial charge < -0.3 is 19.5 Å². The first-order valence-electron chi connectivity index (χ1n) is 11.0. The van der Waals surface area contributed by atoms with Crippen molar-refractivity contribution in [1.82, 2.24) is 5.32 Å². The van der Waals surface area contributed by atoms with Gasteiger partial charge in [-0.15, -0.1) is 0 Å². The minimum Gasteiger partial charge on any atom is -0.486 e. The highest BCUT2D eigenvalue weighted by atomic mass is 16.6. The summed E-state index contributed by atoms with van der Waals surface area (Å²) in [5.41, 5.74) is 0.930. The minimum absolute atomic E-state index is 0.127. The van der Waals surface area contributed by atoms with Crippen molar-refractivity contribution in [3.8, 4) is 11.5 Å². The summed E-state index contributed by atoms with van der Waals surface area (Å²) in [4.78, 5) is 12.3. The molecule has 0 radical (unpaired) electrons. The second-order valence-corrected chi connectivity index (χ2v) is 7.52. The van der Waals surface area contributed by atoms with Crippen molar-refractivity contribution in [2.45, 2.75) is 77.2 Å². The van der Waals surface area contributed by atoms with Gasteiger partial charge in [0.2, 0.25) is 0 Å². The first kappa shape index (κ1) is 22.5. The molecular formula is C23H37NO4. The van der Waals surface area contributed by atoms with Crippen LogP contribution in [0.25, 0.3) is 0 Å². The van der Waals surface area contributed by atoms with Gasteiger partial charge in [-0.3, -0.25) is 4.79 Å². The van der Waals surface area contributed by atoms with Crippen LogP contribution in [0.2, 0.25) is 0 Å². The molecule has 2 rings (SSSR count). The van der Waals surface area contributed by atoms with E-state index in [1.165, 1.54) is 44.9 Å². The van der Waals surface area contributed by atoms with E-state index in [4.69, 9.17) is 14.2 Å². The lowest BCUT2D eigenvalue weighted by Crippen LogP contribution is -2.23. The molecule has 5 heteroatoms. The molecule has 0 aliphatic carbocycles. The number of ether oxygens (including phenoxy) is 3. The molecule has 0 saturated carbocycles. The Hall–Kier alpha value is -1.75. The van der Waals surface area contributed by atoms with E-state index >= 15 is 0 Å². The predicted molar refractivity (Wildman–Crippen MR) is 112 cm³/mol. The largest absolute Gasteiger partial charge is 0.486 e. The Bertz CT molecular complexity index is 576. The van der Waals surface area contributed by atoms with Crippen LogP contribution in [0.15, 0.2) is 18.2 Å². The summed E-state index contributed by atoms with van der Waals surface area (Å²) in [6.07, 6.45) is 11.3. The molecule has 0 amide bonds. The third-order valence-corrected chi connectivity index (χ3v) is 5.09. The van der Waals surface area contributed by atoms with E-state index in [-0.39, 0.29) is 12.1 Å². The van der Waals surface area contributed by atoms with Crippen molar-refractivity contribution < 1.29 is 19.0 Å². The van der Waals surface area contributed by atoms with Crippen LogP contribution in [-0.4, -0.2) is 32.8 Å². The highest BCUT2D eigenvalue weighted by Crippen LogP contribution is 2.33. The average molecular weight is 392 g/mol. The standard InChI is InChI=1S/C23H37NO4/c1-3-4-5-6-7-8-9-10-11-12-23(25)28-22(18-24-2)19-13-14-20-21(17-19)27-16-15-26-20/h13-14,17,22,24H,3-12,15-16,18H2,1-2H3/t22-/m0/s1. The van der Waals surface area contributed by atoms with Crippen LogP contribution in [0.4, 0.5) is 0 Å². The number of unbranched alkanes of at least 4 members (excludes halogenated alkanes) is 8. The quantitative estimate of drug-likeness (QED) is 0.350. The van der Waals surface area contributed by atoms with Crippen molar-refractivity contribution in [1.29, 1.82) is 0 Å². The van der Waals surface area contributed by atoms with E-state index in [1.54, 1.807) is 0 Å². The maximum absolute atomic E-state index is 12.3. The summed E-state index contributed by atoms with van der Waals surface area (Å²) >= 11 is 0. The third-order valence-electron chi connectivity index (χ3n) is 5.09.